The number of hydrogen-bond donors (Lipinski definition) is 1. The van der Waals surface area contributed by atoms with Crippen LogP contribution in [0.5, 0.6) is 0 Å². The number of anilines is 1. The zero-order valence-corrected chi connectivity index (χ0v) is 11.0. The zero-order valence-electron chi connectivity index (χ0n) is 11.0. The van der Waals surface area contributed by atoms with E-state index in [4.69, 9.17) is 5.73 Å². The molecule has 96 valence electrons. The highest BCUT2D eigenvalue weighted by atomic mass is 14.9. The van der Waals surface area contributed by atoms with Gasteiger partial charge < -0.3 is 5.73 Å². The van der Waals surface area contributed by atoms with Gasteiger partial charge in [-0.2, -0.15) is 0 Å². The third-order valence-corrected chi connectivity index (χ3v) is 5.55. The smallest absolute Gasteiger partial charge is 0.130 e. The van der Waals surface area contributed by atoms with Crippen LogP contribution in [0.1, 0.15) is 49.4 Å². The molecule has 0 atom stereocenters. The van der Waals surface area contributed by atoms with E-state index in [1.165, 1.54) is 37.7 Å². The average Bonchev–Trinajstić information content (AvgIpc) is 2.30. The molecule has 1 heterocycles. The number of aryl methyl sites for hydroxylation is 1. The first-order valence-corrected chi connectivity index (χ1v) is 7.29. The number of aromatic nitrogens is 2. The molecule has 1 aromatic heterocycles. The lowest BCUT2D eigenvalue weighted by Crippen LogP contribution is -2.44. The average molecular weight is 243 g/mol. The number of nitrogens with zero attached hydrogens (tertiary/aromatic N) is 2. The van der Waals surface area contributed by atoms with E-state index in [9.17, 15) is 0 Å². The fourth-order valence-corrected chi connectivity index (χ4v) is 5.19. The van der Waals surface area contributed by atoms with E-state index in [0.717, 1.165) is 35.3 Å². The van der Waals surface area contributed by atoms with Gasteiger partial charge in [-0.3, -0.25) is 0 Å². The minimum atomic E-state index is 0.651. The molecule has 18 heavy (non-hydrogen) atoms. The van der Waals surface area contributed by atoms with Gasteiger partial charge in [0.05, 0.1) is 0 Å². The molecule has 0 aromatic carbocycles. The molecule has 0 amide bonds. The second-order valence-corrected chi connectivity index (χ2v) is 6.71. The summed E-state index contributed by atoms with van der Waals surface area (Å²) in [7, 11) is 0. The van der Waals surface area contributed by atoms with Crippen LogP contribution in [-0.2, 0) is 0 Å². The number of nitrogen functional groups attached to an aromatic ring is 1. The van der Waals surface area contributed by atoms with Crippen molar-refractivity contribution in [1.29, 1.82) is 0 Å². The van der Waals surface area contributed by atoms with Crippen LogP contribution in [0.25, 0.3) is 0 Å². The minimum Gasteiger partial charge on any atom is -0.383 e. The van der Waals surface area contributed by atoms with Gasteiger partial charge in [0.2, 0.25) is 0 Å². The lowest BCUT2D eigenvalue weighted by molar-refractivity contribution is -0.00275. The van der Waals surface area contributed by atoms with E-state index < -0.39 is 0 Å². The Morgan fingerprint density at radius 2 is 1.67 bits per heavy atom. The molecule has 4 aliphatic rings. The zero-order chi connectivity index (χ0) is 12.3. The van der Waals surface area contributed by atoms with E-state index in [1.54, 1.807) is 0 Å². The van der Waals surface area contributed by atoms with Crippen LogP contribution < -0.4 is 5.73 Å². The summed E-state index contributed by atoms with van der Waals surface area (Å²) >= 11 is 0. The van der Waals surface area contributed by atoms with Gasteiger partial charge in [0.25, 0.3) is 0 Å². The Labute approximate surface area is 108 Å². The second-order valence-electron chi connectivity index (χ2n) is 6.71. The Kier molecular flexibility index (Phi) is 2.21. The third kappa shape index (κ3) is 1.49. The number of hydrogen-bond acceptors (Lipinski definition) is 3. The summed E-state index contributed by atoms with van der Waals surface area (Å²) in [6, 6.07) is 0. The summed E-state index contributed by atoms with van der Waals surface area (Å²) < 4.78 is 0. The Bertz CT molecular complexity index is 455. The molecule has 3 nitrogen and oxygen atoms in total. The van der Waals surface area contributed by atoms with Gasteiger partial charge in [-0.05, 0) is 68.6 Å². The van der Waals surface area contributed by atoms with Gasteiger partial charge in [0.15, 0.2) is 0 Å². The Balaban J connectivity index is 1.72. The molecule has 4 aliphatic carbocycles. The van der Waals surface area contributed by atoms with Crippen molar-refractivity contribution in [2.45, 2.75) is 44.9 Å². The lowest BCUT2D eigenvalue weighted by Gasteiger charge is -2.54. The van der Waals surface area contributed by atoms with Crippen molar-refractivity contribution in [3.63, 3.8) is 0 Å². The molecule has 5 rings (SSSR count). The normalized spacial score (nSPS) is 41.3. The molecular weight excluding hydrogens is 222 g/mol. The maximum Gasteiger partial charge on any atom is 0.130 e. The fourth-order valence-electron chi connectivity index (χ4n) is 5.19. The molecule has 0 saturated heterocycles. The molecule has 0 aliphatic heterocycles. The first-order valence-electron chi connectivity index (χ1n) is 7.29. The molecule has 0 spiro atoms. The van der Waals surface area contributed by atoms with Crippen LogP contribution >= 0.6 is 0 Å². The highest BCUT2D eigenvalue weighted by molar-refractivity contribution is 5.42. The van der Waals surface area contributed by atoms with E-state index >= 15 is 0 Å². The standard InChI is InChI=1S/C15H21N3/c1-8-17-7-13(15(16)18-8)14-11-3-9-2-10(5-11)6-12(14)4-9/h7,9-12,14H,2-6H2,1H3,(H2,16,17,18). The molecule has 3 heteroatoms. The lowest BCUT2D eigenvalue weighted by atomic mass is 9.51. The highest BCUT2D eigenvalue weighted by Gasteiger charge is 2.49. The van der Waals surface area contributed by atoms with Crippen molar-refractivity contribution in [1.82, 2.24) is 9.97 Å². The summed E-state index contributed by atoms with van der Waals surface area (Å²) in [5, 5.41) is 0. The Morgan fingerprint density at radius 1 is 1.06 bits per heavy atom. The summed E-state index contributed by atoms with van der Waals surface area (Å²) in [4.78, 5) is 8.75. The van der Waals surface area contributed by atoms with Crippen LogP contribution in [-0.4, -0.2) is 9.97 Å². The molecule has 0 unspecified atom stereocenters. The Hall–Kier alpha value is -1.12. The SMILES string of the molecule is Cc1ncc(C2C3CC4CC(C3)CC2C4)c(N)n1. The number of nitrogens with two attached hydrogens (primary N) is 1. The predicted octanol–water partition coefficient (Wildman–Crippen LogP) is 2.91. The van der Waals surface area contributed by atoms with Gasteiger partial charge in [-0.25, -0.2) is 9.97 Å². The number of rotatable bonds is 1. The topological polar surface area (TPSA) is 51.8 Å². The van der Waals surface area contributed by atoms with E-state index in [-0.39, 0.29) is 0 Å². The van der Waals surface area contributed by atoms with Crippen molar-refractivity contribution in [3.05, 3.63) is 17.6 Å². The van der Waals surface area contributed by atoms with Crippen LogP contribution in [0, 0.1) is 30.6 Å². The minimum absolute atomic E-state index is 0.651. The van der Waals surface area contributed by atoms with E-state index in [0.29, 0.717) is 5.92 Å². The highest BCUT2D eigenvalue weighted by Crippen LogP contribution is 2.60. The van der Waals surface area contributed by atoms with Crippen LogP contribution in [0.4, 0.5) is 5.82 Å². The summed E-state index contributed by atoms with van der Waals surface area (Å²) in [6.07, 6.45) is 9.19. The van der Waals surface area contributed by atoms with Gasteiger partial charge in [0.1, 0.15) is 11.6 Å². The van der Waals surface area contributed by atoms with Crippen molar-refractivity contribution in [2.75, 3.05) is 5.73 Å². The molecule has 4 bridgehead atoms. The largest absolute Gasteiger partial charge is 0.383 e. The summed E-state index contributed by atoms with van der Waals surface area (Å²) in [5.41, 5.74) is 7.40. The van der Waals surface area contributed by atoms with Crippen LogP contribution in [0.3, 0.4) is 0 Å². The maximum atomic E-state index is 6.15. The van der Waals surface area contributed by atoms with Gasteiger partial charge in [0, 0.05) is 11.8 Å². The van der Waals surface area contributed by atoms with Crippen molar-refractivity contribution >= 4 is 5.82 Å². The first-order chi connectivity index (χ1) is 8.70. The van der Waals surface area contributed by atoms with Crippen LogP contribution in [0.15, 0.2) is 6.20 Å². The van der Waals surface area contributed by atoms with E-state index in [1.807, 2.05) is 13.1 Å². The molecular formula is C15H21N3. The van der Waals surface area contributed by atoms with Gasteiger partial charge in [-0.1, -0.05) is 0 Å². The third-order valence-electron chi connectivity index (χ3n) is 5.55. The van der Waals surface area contributed by atoms with E-state index in [2.05, 4.69) is 9.97 Å². The van der Waals surface area contributed by atoms with Crippen molar-refractivity contribution < 1.29 is 0 Å². The van der Waals surface area contributed by atoms with Crippen molar-refractivity contribution in [3.8, 4) is 0 Å². The fraction of sp³-hybridized carbons (Fsp3) is 0.733. The predicted molar refractivity (Wildman–Crippen MR) is 71.0 cm³/mol. The summed E-state index contributed by atoms with van der Waals surface area (Å²) in [5.74, 6) is 5.91. The quantitative estimate of drug-likeness (QED) is 0.825. The molecule has 2 N–H and O–H groups in total. The van der Waals surface area contributed by atoms with Gasteiger partial charge in [-0.15, -0.1) is 0 Å². The van der Waals surface area contributed by atoms with Gasteiger partial charge >= 0.3 is 0 Å². The molecule has 0 radical (unpaired) electrons. The summed E-state index contributed by atoms with van der Waals surface area (Å²) in [6.45, 7) is 1.91. The molecule has 4 fully saturated rings. The monoisotopic (exact) mass is 243 g/mol. The molecule has 1 aromatic rings. The van der Waals surface area contributed by atoms with Crippen LogP contribution in [0.2, 0.25) is 0 Å². The first kappa shape index (κ1) is 10.8. The molecule has 4 saturated carbocycles. The second kappa shape index (κ2) is 3.69. The Morgan fingerprint density at radius 3 is 2.22 bits per heavy atom. The van der Waals surface area contributed by atoms with Crippen molar-refractivity contribution in [2.24, 2.45) is 23.7 Å². The maximum absolute atomic E-state index is 6.15.